The van der Waals surface area contributed by atoms with Gasteiger partial charge in [0.05, 0.1) is 18.2 Å². The number of hydrogen-bond donors (Lipinski definition) is 1. The van der Waals surface area contributed by atoms with Crippen LogP contribution in [0.3, 0.4) is 0 Å². The highest BCUT2D eigenvalue weighted by Gasteiger charge is 2.34. The van der Waals surface area contributed by atoms with Gasteiger partial charge in [0.2, 0.25) is 0 Å². The van der Waals surface area contributed by atoms with Crippen LogP contribution in [0.15, 0.2) is 12.5 Å². The first-order valence-electron chi connectivity index (χ1n) is 7.93. The van der Waals surface area contributed by atoms with Gasteiger partial charge in [0.25, 0.3) is 0 Å². The number of ether oxygens (including phenoxy) is 1. The van der Waals surface area contributed by atoms with Gasteiger partial charge in [-0.25, -0.2) is 4.98 Å². The molecule has 2 atom stereocenters. The van der Waals surface area contributed by atoms with Crippen LogP contribution in [0.2, 0.25) is 0 Å². The summed E-state index contributed by atoms with van der Waals surface area (Å²) in [5.74, 6) is 0.553. The lowest BCUT2D eigenvalue weighted by Gasteiger charge is -2.34. The van der Waals surface area contributed by atoms with E-state index in [1.807, 2.05) is 12.5 Å². The summed E-state index contributed by atoms with van der Waals surface area (Å²) in [5.41, 5.74) is 1.45. The van der Waals surface area contributed by atoms with E-state index in [1.165, 1.54) is 31.4 Å². The van der Waals surface area contributed by atoms with Crippen LogP contribution >= 0.6 is 0 Å². The normalized spacial score (nSPS) is 27.8. The fraction of sp³-hybridized carbons (Fsp3) is 0.812. The van der Waals surface area contributed by atoms with Gasteiger partial charge < -0.3 is 14.6 Å². The Morgan fingerprint density at radius 2 is 2.15 bits per heavy atom. The second-order valence-corrected chi connectivity index (χ2v) is 7.28. The molecule has 0 radical (unpaired) electrons. The molecule has 0 spiro atoms. The molecule has 1 aromatic rings. The van der Waals surface area contributed by atoms with Crippen LogP contribution in [0.25, 0.3) is 0 Å². The van der Waals surface area contributed by atoms with Crippen molar-refractivity contribution in [1.29, 1.82) is 0 Å². The van der Waals surface area contributed by atoms with Crippen molar-refractivity contribution < 1.29 is 4.74 Å². The second kappa shape index (κ2) is 5.49. The molecule has 1 aliphatic carbocycles. The molecule has 4 nitrogen and oxygen atoms in total. The van der Waals surface area contributed by atoms with Gasteiger partial charge >= 0.3 is 0 Å². The van der Waals surface area contributed by atoms with Gasteiger partial charge in [-0.2, -0.15) is 0 Å². The molecule has 1 N–H and O–H groups in total. The van der Waals surface area contributed by atoms with E-state index in [2.05, 4.69) is 35.6 Å². The van der Waals surface area contributed by atoms with Crippen molar-refractivity contribution in [3.8, 4) is 0 Å². The fourth-order valence-corrected chi connectivity index (χ4v) is 3.01. The molecule has 1 saturated carbocycles. The van der Waals surface area contributed by atoms with E-state index in [0.717, 1.165) is 13.2 Å². The molecule has 20 heavy (non-hydrogen) atoms. The predicted molar refractivity (Wildman–Crippen MR) is 79.7 cm³/mol. The third-order valence-corrected chi connectivity index (χ3v) is 4.27. The molecule has 1 aliphatic heterocycles. The number of aromatic nitrogens is 2. The minimum absolute atomic E-state index is 0.165. The SMILES string of the molecule is CC(C)(C)NCC1CCCOC1c1cncn1C1CC1. The van der Waals surface area contributed by atoms with E-state index in [1.54, 1.807) is 0 Å². The molecule has 0 amide bonds. The Hall–Kier alpha value is -0.870. The standard InChI is InChI=1S/C16H27N3O/c1-16(2,3)18-9-12-5-4-8-20-15(12)14-10-17-11-19(14)13-6-7-13/h10-13,15,18H,4-9H2,1-3H3. The molecule has 4 heteroatoms. The number of rotatable bonds is 4. The molecule has 2 heterocycles. The molecule has 2 aliphatic rings. The maximum absolute atomic E-state index is 6.12. The average molecular weight is 277 g/mol. The van der Waals surface area contributed by atoms with Crippen LogP contribution in [-0.4, -0.2) is 28.2 Å². The van der Waals surface area contributed by atoms with Crippen molar-refractivity contribution in [2.24, 2.45) is 5.92 Å². The highest BCUT2D eigenvalue weighted by Crippen LogP contribution is 2.40. The van der Waals surface area contributed by atoms with E-state index in [4.69, 9.17) is 4.74 Å². The molecular formula is C16H27N3O. The van der Waals surface area contributed by atoms with E-state index >= 15 is 0 Å². The molecule has 2 unspecified atom stereocenters. The lowest BCUT2D eigenvalue weighted by Crippen LogP contribution is -2.42. The van der Waals surface area contributed by atoms with Crippen molar-refractivity contribution in [3.05, 3.63) is 18.2 Å². The molecule has 1 saturated heterocycles. The maximum atomic E-state index is 6.12. The lowest BCUT2D eigenvalue weighted by molar-refractivity contribution is -0.0336. The summed E-state index contributed by atoms with van der Waals surface area (Å²) in [6.07, 6.45) is 9.20. The zero-order chi connectivity index (χ0) is 14.2. The first kappa shape index (κ1) is 14.1. The zero-order valence-electron chi connectivity index (χ0n) is 12.9. The van der Waals surface area contributed by atoms with Gasteiger partial charge in [-0.1, -0.05) is 0 Å². The predicted octanol–water partition coefficient (Wildman–Crippen LogP) is 3.07. The highest BCUT2D eigenvalue weighted by molar-refractivity contribution is 5.09. The summed E-state index contributed by atoms with van der Waals surface area (Å²) < 4.78 is 8.47. The summed E-state index contributed by atoms with van der Waals surface area (Å²) in [6.45, 7) is 8.57. The third-order valence-electron chi connectivity index (χ3n) is 4.27. The number of nitrogens with zero attached hydrogens (tertiary/aromatic N) is 2. The van der Waals surface area contributed by atoms with E-state index < -0.39 is 0 Å². The number of hydrogen-bond acceptors (Lipinski definition) is 3. The average Bonchev–Trinajstić information content (AvgIpc) is 3.14. The van der Waals surface area contributed by atoms with Gasteiger partial charge in [0, 0.05) is 30.7 Å². The van der Waals surface area contributed by atoms with E-state index in [-0.39, 0.29) is 11.6 Å². The highest BCUT2D eigenvalue weighted by atomic mass is 16.5. The van der Waals surface area contributed by atoms with Gasteiger partial charge in [0.1, 0.15) is 6.10 Å². The lowest BCUT2D eigenvalue weighted by atomic mass is 9.91. The summed E-state index contributed by atoms with van der Waals surface area (Å²) in [4.78, 5) is 4.36. The number of nitrogens with one attached hydrogen (secondary N) is 1. The zero-order valence-corrected chi connectivity index (χ0v) is 12.9. The number of imidazole rings is 1. The van der Waals surface area contributed by atoms with Crippen LogP contribution < -0.4 is 5.32 Å². The van der Waals surface area contributed by atoms with E-state index in [9.17, 15) is 0 Å². The van der Waals surface area contributed by atoms with Crippen LogP contribution in [0.5, 0.6) is 0 Å². The summed E-state index contributed by atoms with van der Waals surface area (Å²) in [6, 6.07) is 0.675. The summed E-state index contributed by atoms with van der Waals surface area (Å²) in [7, 11) is 0. The monoisotopic (exact) mass is 277 g/mol. The smallest absolute Gasteiger partial charge is 0.103 e. The first-order valence-corrected chi connectivity index (χ1v) is 7.93. The van der Waals surface area contributed by atoms with Gasteiger partial charge in [0.15, 0.2) is 0 Å². The first-order chi connectivity index (χ1) is 9.54. The molecule has 1 aromatic heterocycles. The van der Waals surface area contributed by atoms with Crippen LogP contribution in [0.4, 0.5) is 0 Å². The van der Waals surface area contributed by atoms with Gasteiger partial charge in [-0.15, -0.1) is 0 Å². The second-order valence-electron chi connectivity index (χ2n) is 7.28. The molecule has 3 rings (SSSR count). The maximum Gasteiger partial charge on any atom is 0.103 e. The quantitative estimate of drug-likeness (QED) is 0.919. The van der Waals surface area contributed by atoms with Crippen molar-refractivity contribution in [1.82, 2.24) is 14.9 Å². The summed E-state index contributed by atoms with van der Waals surface area (Å²) >= 11 is 0. The molecule has 0 bridgehead atoms. The third kappa shape index (κ3) is 3.23. The minimum atomic E-state index is 0.165. The summed E-state index contributed by atoms with van der Waals surface area (Å²) in [5, 5.41) is 3.64. The fourth-order valence-electron chi connectivity index (χ4n) is 3.01. The molecule has 2 fully saturated rings. The topological polar surface area (TPSA) is 39.1 Å². The van der Waals surface area contributed by atoms with Crippen LogP contribution in [0, 0.1) is 5.92 Å². The van der Waals surface area contributed by atoms with Gasteiger partial charge in [-0.3, -0.25) is 0 Å². The van der Waals surface area contributed by atoms with Crippen LogP contribution in [0.1, 0.15) is 64.3 Å². The van der Waals surface area contributed by atoms with Crippen molar-refractivity contribution in [3.63, 3.8) is 0 Å². The van der Waals surface area contributed by atoms with Crippen molar-refractivity contribution >= 4 is 0 Å². The van der Waals surface area contributed by atoms with Gasteiger partial charge in [-0.05, 0) is 46.5 Å². The Morgan fingerprint density at radius 1 is 1.35 bits per heavy atom. The molecular weight excluding hydrogens is 250 g/mol. The van der Waals surface area contributed by atoms with Crippen LogP contribution in [-0.2, 0) is 4.74 Å². The largest absolute Gasteiger partial charge is 0.372 e. The van der Waals surface area contributed by atoms with E-state index in [0.29, 0.717) is 12.0 Å². The Labute approximate surface area is 121 Å². The molecule has 0 aromatic carbocycles. The Morgan fingerprint density at radius 3 is 2.85 bits per heavy atom. The Kier molecular flexibility index (Phi) is 3.87. The van der Waals surface area contributed by atoms with Crippen molar-refractivity contribution in [2.75, 3.05) is 13.2 Å². The Bertz CT molecular complexity index is 445. The Balaban J connectivity index is 1.72. The molecule has 112 valence electrons. The van der Waals surface area contributed by atoms with Crippen molar-refractivity contribution in [2.45, 2.75) is 64.1 Å². The minimum Gasteiger partial charge on any atom is -0.372 e.